The van der Waals surface area contributed by atoms with Crippen molar-refractivity contribution in [3.8, 4) is 0 Å². The third-order valence-corrected chi connectivity index (χ3v) is 7.23. The highest BCUT2D eigenvalue weighted by Gasteiger charge is 2.55. The van der Waals surface area contributed by atoms with Crippen LogP contribution in [-0.4, -0.2) is 23.7 Å². The number of hydrogen-bond acceptors (Lipinski definition) is 2. The third kappa shape index (κ3) is 3.36. The fraction of sp³-hybridized carbons (Fsp3) is 0.682. The van der Waals surface area contributed by atoms with Crippen molar-refractivity contribution in [1.82, 2.24) is 5.32 Å². The summed E-state index contributed by atoms with van der Waals surface area (Å²) >= 11 is 0. The summed E-state index contributed by atoms with van der Waals surface area (Å²) in [7, 11) is 0. The second-order valence-corrected chi connectivity index (χ2v) is 8.77. The van der Waals surface area contributed by atoms with E-state index < -0.39 is 0 Å². The fourth-order valence-corrected chi connectivity index (χ4v) is 5.80. The lowest BCUT2D eigenvalue weighted by molar-refractivity contribution is -0.135. The molecule has 25 heavy (non-hydrogen) atoms. The monoisotopic (exact) mass is 341 g/mol. The molecule has 3 aliphatic carbocycles. The van der Waals surface area contributed by atoms with E-state index in [-0.39, 0.29) is 5.41 Å². The average molecular weight is 341 g/mol. The molecule has 3 heteroatoms. The highest BCUT2D eigenvalue weighted by molar-refractivity contribution is 5.84. The molecule has 3 saturated carbocycles. The molecule has 0 saturated heterocycles. The molecule has 2 bridgehead atoms. The Morgan fingerprint density at radius 3 is 2.44 bits per heavy atom. The molecule has 136 valence electrons. The fourth-order valence-electron chi connectivity index (χ4n) is 5.80. The number of carbonyl (C=O) groups is 1. The molecule has 1 aromatic carbocycles. The molecule has 1 amide bonds. The molecule has 2 N–H and O–H groups in total. The van der Waals surface area contributed by atoms with Crippen LogP contribution in [0.2, 0.25) is 0 Å². The maximum Gasteiger partial charge on any atom is 0.227 e. The van der Waals surface area contributed by atoms with Gasteiger partial charge in [-0.15, -0.1) is 0 Å². The van der Waals surface area contributed by atoms with E-state index in [0.717, 1.165) is 44.4 Å². The molecule has 3 nitrogen and oxygen atoms in total. The lowest BCUT2D eigenvalue weighted by atomic mass is 9.68. The zero-order chi connectivity index (χ0) is 17.3. The zero-order valence-electron chi connectivity index (χ0n) is 15.1. The van der Waals surface area contributed by atoms with Crippen LogP contribution in [0.4, 0.5) is 0 Å². The summed E-state index contributed by atoms with van der Waals surface area (Å²) in [6, 6.07) is 10.9. The van der Waals surface area contributed by atoms with Crippen LogP contribution in [0.3, 0.4) is 0 Å². The zero-order valence-corrected chi connectivity index (χ0v) is 15.1. The number of nitrogens with one attached hydrogen (secondary N) is 1. The summed E-state index contributed by atoms with van der Waals surface area (Å²) in [5, 5.41) is 12.8. The molecule has 0 aromatic heterocycles. The van der Waals surface area contributed by atoms with Crippen molar-refractivity contribution < 1.29 is 9.90 Å². The minimum atomic E-state index is -0.182. The quantitative estimate of drug-likeness (QED) is 0.858. The Morgan fingerprint density at radius 2 is 1.84 bits per heavy atom. The molecule has 4 rings (SSSR count). The van der Waals surface area contributed by atoms with Crippen LogP contribution in [-0.2, 0) is 11.2 Å². The van der Waals surface area contributed by atoms with Gasteiger partial charge < -0.3 is 10.4 Å². The molecule has 3 aliphatic rings. The van der Waals surface area contributed by atoms with Crippen LogP contribution in [0, 0.1) is 23.2 Å². The highest BCUT2D eigenvalue weighted by Crippen LogP contribution is 2.57. The second kappa shape index (κ2) is 7.11. The summed E-state index contributed by atoms with van der Waals surface area (Å²) in [6.45, 7) is 0.294. The third-order valence-electron chi connectivity index (χ3n) is 7.23. The highest BCUT2D eigenvalue weighted by atomic mass is 16.3. The first kappa shape index (κ1) is 17.1. The van der Waals surface area contributed by atoms with E-state index in [1.54, 1.807) is 0 Å². The van der Waals surface area contributed by atoms with E-state index in [9.17, 15) is 9.90 Å². The van der Waals surface area contributed by atoms with E-state index in [0.29, 0.717) is 30.4 Å². The smallest absolute Gasteiger partial charge is 0.227 e. The Balaban J connectivity index is 1.48. The van der Waals surface area contributed by atoms with Crippen molar-refractivity contribution in [2.45, 2.75) is 63.8 Å². The summed E-state index contributed by atoms with van der Waals surface area (Å²) in [6.07, 6.45) is 9.88. The number of carbonyl (C=O) groups excluding carboxylic acids is 1. The van der Waals surface area contributed by atoms with Gasteiger partial charge in [0.2, 0.25) is 5.91 Å². The van der Waals surface area contributed by atoms with Crippen molar-refractivity contribution in [1.29, 1.82) is 0 Å². The second-order valence-electron chi connectivity index (χ2n) is 8.77. The summed E-state index contributed by atoms with van der Waals surface area (Å²) in [4.78, 5) is 13.4. The Bertz CT molecular complexity index is 593. The molecule has 1 aromatic rings. The summed E-state index contributed by atoms with van der Waals surface area (Å²) in [5.74, 6) is 2.07. The normalized spacial score (nSPS) is 37.2. The number of rotatable bonds is 5. The lowest BCUT2D eigenvalue weighted by Gasteiger charge is -2.39. The number of aliphatic hydroxyl groups is 1. The first-order valence-electron chi connectivity index (χ1n) is 10.2. The first-order valence-corrected chi connectivity index (χ1v) is 10.2. The Hall–Kier alpha value is -1.35. The van der Waals surface area contributed by atoms with E-state index in [2.05, 4.69) is 35.6 Å². The molecule has 0 aliphatic heterocycles. The van der Waals surface area contributed by atoms with Crippen molar-refractivity contribution in [3.05, 3.63) is 35.9 Å². The molecule has 3 fully saturated rings. The SMILES string of the molecule is O=C(NC1CCC(CO)CC1)C1(Cc2ccccc2)CC2CCC1C2. The molecule has 0 spiro atoms. The maximum absolute atomic E-state index is 13.4. The number of fused-ring (bicyclic) bond motifs is 2. The standard InChI is InChI=1S/C22H31NO2/c24-15-17-7-10-20(11-8-17)23-21(25)22(13-16-4-2-1-3-5-16)14-18-6-9-19(22)12-18/h1-5,17-20,24H,6-15H2,(H,23,25). The number of aliphatic hydroxyl groups excluding tert-OH is 1. The maximum atomic E-state index is 13.4. The van der Waals surface area contributed by atoms with Gasteiger partial charge in [-0.25, -0.2) is 0 Å². The van der Waals surface area contributed by atoms with E-state index in [1.165, 1.54) is 24.8 Å². The molecular formula is C22H31NO2. The van der Waals surface area contributed by atoms with Crippen LogP contribution in [0.25, 0.3) is 0 Å². The van der Waals surface area contributed by atoms with Gasteiger partial charge in [0.25, 0.3) is 0 Å². The minimum Gasteiger partial charge on any atom is -0.396 e. The number of amides is 1. The Kier molecular flexibility index (Phi) is 4.86. The van der Waals surface area contributed by atoms with E-state index in [1.807, 2.05) is 0 Å². The number of benzene rings is 1. The summed E-state index contributed by atoms with van der Waals surface area (Å²) in [5.41, 5.74) is 1.12. The van der Waals surface area contributed by atoms with Gasteiger partial charge in [-0.2, -0.15) is 0 Å². The van der Waals surface area contributed by atoms with E-state index in [4.69, 9.17) is 0 Å². The van der Waals surface area contributed by atoms with E-state index >= 15 is 0 Å². The Labute approximate surface area is 151 Å². The van der Waals surface area contributed by atoms with Gasteiger partial charge >= 0.3 is 0 Å². The van der Waals surface area contributed by atoms with Gasteiger partial charge in [0, 0.05) is 12.6 Å². The van der Waals surface area contributed by atoms with Crippen molar-refractivity contribution in [3.63, 3.8) is 0 Å². The predicted molar refractivity (Wildman–Crippen MR) is 99.0 cm³/mol. The van der Waals surface area contributed by atoms with Gasteiger partial charge in [-0.3, -0.25) is 4.79 Å². The van der Waals surface area contributed by atoms with Crippen molar-refractivity contribution >= 4 is 5.91 Å². The van der Waals surface area contributed by atoms with Crippen LogP contribution in [0.5, 0.6) is 0 Å². The summed E-state index contributed by atoms with van der Waals surface area (Å²) < 4.78 is 0. The first-order chi connectivity index (χ1) is 12.2. The average Bonchev–Trinajstić information content (AvgIpc) is 3.25. The molecule has 3 unspecified atom stereocenters. The van der Waals surface area contributed by atoms with Gasteiger partial charge in [0.1, 0.15) is 0 Å². The predicted octanol–water partition coefficient (Wildman–Crippen LogP) is 3.70. The number of hydrogen-bond donors (Lipinski definition) is 2. The molecule has 0 radical (unpaired) electrons. The largest absolute Gasteiger partial charge is 0.396 e. The van der Waals surface area contributed by atoms with Gasteiger partial charge in [-0.05, 0) is 74.7 Å². The van der Waals surface area contributed by atoms with Crippen molar-refractivity contribution in [2.24, 2.45) is 23.2 Å². The van der Waals surface area contributed by atoms with Crippen LogP contribution in [0.15, 0.2) is 30.3 Å². The van der Waals surface area contributed by atoms with Crippen LogP contribution < -0.4 is 5.32 Å². The molecule has 0 heterocycles. The lowest BCUT2D eigenvalue weighted by Crippen LogP contribution is -2.50. The van der Waals surface area contributed by atoms with Crippen molar-refractivity contribution in [2.75, 3.05) is 6.61 Å². The van der Waals surface area contributed by atoms with Gasteiger partial charge in [0.05, 0.1) is 5.41 Å². The van der Waals surface area contributed by atoms with Gasteiger partial charge in [0.15, 0.2) is 0 Å². The topological polar surface area (TPSA) is 49.3 Å². The van der Waals surface area contributed by atoms with Gasteiger partial charge in [-0.1, -0.05) is 36.8 Å². The Morgan fingerprint density at radius 1 is 1.08 bits per heavy atom. The van der Waals surface area contributed by atoms with Crippen LogP contribution in [0.1, 0.15) is 56.9 Å². The molecule has 3 atom stereocenters. The molecular weight excluding hydrogens is 310 g/mol. The van der Waals surface area contributed by atoms with Crippen LogP contribution >= 0.6 is 0 Å². The minimum absolute atomic E-state index is 0.182.